The maximum absolute atomic E-state index is 13.1. The fourth-order valence-electron chi connectivity index (χ4n) is 2.26. The van der Waals surface area contributed by atoms with Gasteiger partial charge in [0.25, 0.3) is 0 Å². The number of benzene rings is 2. The van der Waals surface area contributed by atoms with Crippen LogP contribution in [0.3, 0.4) is 0 Å². The molecule has 108 valence electrons. The van der Waals surface area contributed by atoms with Crippen LogP contribution in [-0.4, -0.2) is 16.6 Å². The van der Waals surface area contributed by atoms with E-state index >= 15 is 0 Å². The number of hydrogen-bond donors (Lipinski definition) is 0. The normalized spacial score (nSPS) is 11.0. The summed E-state index contributed by atoms with van der Waals surface area (Å²) in [6.45, 7) is 2.41. The largest absolute Gasteiger partial charge is 0.396 e. The molecule has 0 amide bonds. The number of nitrogens with zero attached hydrogens (tertiary/aromatic N) is 2. The first-order chi connectivity index (χ1) is 10.2. The van der Waals surface area contributed by atoms with Crippen molar-refractivity contribution in [1.29, 1.82) is 0 Å². The Bertz CT molecular complexity index is 768. The predicted molar refractivity (Wildman–Crippen MR) is 81.8 cm³/mol. The summed E-state index contributed by atoms with van der Waals surface area (Å²) < 4.78 is 13.1. The summed E-state index contributed by atoms with van der Waals surface area (Å²) >= 11 is 5.91. The molecule has 3 aromatic rings. The Balaban J connectivity index is 2.22. The second kappa shape index (κ2) is 5.74. The van der Waals surface area contributed by atoms with E-state index in [4.69, 9.17) is 16.4 Å². The van der Waals surface area contributed by atoms with Crippen LogP contribution >= 0.6 is 11.6 Å². The number of alkyl halides is 1. The lowest BCUT2D eigenvalue weighted by molar-refractivity contribution is 0.103. The lowest BCUT2D eigenvalue weighted by Crippen LogP contribution is -2.11. The van der Waals surface area contributed by atoms with Gasteiger partial charge in [0, 0.05) is 16.8 Å². The molecule has 0 fully saturated rings. The van der Waals surface area contributed by atoms with Crippen molar-refractivity contribution in [3.63, 3.8) is 0 Å². The molecular weight excluding hydrogens is 291 g/mol. The standard InChI is InChI=1S/C16H14ClFN2O/c1-2-21-20-15-8-3-11(10-17)9-14(15)16(19-20)12-4-6-13(18)7-5-12/h3-9H,2,10H2,1H3. The Hall–Kier alpha value is -2.07. The Morgan fingerprint density at radius 1 is 1.19 bits per heavy atom. The van der Waals surface area contributed by atoms with E-state index in [0.717, 1.165) is 27.7 Å². The predicted octanol–water partition coefficient (Wildman–Crippen LogP) is 4.03. The average molecular weight is 305 g/mol. The summed E-state index contributed by atoms with van der Waals surface area (Å²) in [5.41, 5.74) is 3.46. The number of aromatic nitrogens is 2. The zero-order valence-corrected chi connectivity index (χ0v) is 12.3. The third-order valence-electron chi connectivity index (χ3n) is 3.24. The first kappa shape index (κ1) is 13.9. The zero-order chi connectivity index (χ0) is 14.8. The maximum Gasteiger partial charge on any atom is 0.123 e. The van der Waals surface area contributed by atoms with E-state index in [1.807, 2.05) is 25.1 Å². The molecule has 0 aliphatic heterocycles. The second-order valence-electron chi connectivity index (χ2n) is 4.63. The molecule has 0 bridgehead atoms. The molecule has 0 saturated heterocycles. The van der Waals surface area contributed by atoms with Gasteiger partial charge in [-0.15, -0.1) is 16.7 Å². The quantitative estimate of drug-likeness (QED) is 0.680. The number of halogens is 2. The fourth-order valence-corrected chi connectivity index (χ4v) is 2.43. The van der Waals surface area contributed by atoms with Crippen LogP contribution in [0.1, 0.15) is 12.5 Å². The lowest BCUT2D eigenvalue weighted by Gasteiger charge is -2.02. The van der Waals surface area contributed by atoms with Gasteiger partial charge in [-0.05, 0) is 48.9 Å². The summed E-state index contributed by atoms with van der Waals surface area (Å²) in [6.07, 6.45) is 0. The van der Waals surface area contributed by atoms with Crippen LogP contribution in [0.15, 0.2) is 42.5 Å². The second-order valence-corrected chi connectivity index (χ2v) is 4.90. The van der Waals surface area contributed by atoms with Crippen LogP contribution in [0.2, 0.25) is 0 Å². The van der Waals surface area contributed by atoms with E-state index in [-0.39, 0.29) is 5.82 Å². The molecule has 2 aromatic carbocycles. The van der Waals surface area contributed by atoms with Gasteiger partial charge in [0.1, 0.15) is 23.6 Å². The first-order valence-corrected chi connectivity index (χ1v) is 7.23. The zero-order valence-electron chi connectivity index (χ0n) is 11.5. The molecule has 0 N–H and O–H groups in total. The smallest absolute Gasteiger partial charge is 0.123 e. The summed E-state index contributed by atoms with van der Waals surface area (Å²) in [6, 6.07) is 12.1. The van der Waals surface area contributed by atoms with Crippen molar-refractivity contribution in [2.24, 2.45) is 0 Å². The van der Waals surface area contributed by atoms with Gasteiger partial charge in [0.15, 0.2) is 0 Å². The van der Waals surface area contributed by atoms with Crippen molar-refractivity contribution >= 4 is 22.5 Å². The van der Waals surface area contributed by atoms with E-state index in [1.165, 1.54) is 17.0 Å². The molecular formula is C16H14ClFN2O. The number of rotatable bonds is 4. The minimum absolute atomic E-state index is 0.270. The molecule has 0 unspecified atom stereocenters. The third-order valence-corrected chi connectivity index (χ3v) is 3.54. The molecule has 1 heterocycles. The third kappa shape index (κ3) is 2.59. The Labute approximate surface area is 126 Å². The summed E-state index contributed by atoms with van der Waals surface area (Å²) in [7, 11) is 0. The molecule has 3 nitrogen and oxygen atoms in total. The van der Waals surface area contributed by atoms with Gasteiger partial charge in [-0.1, -0.05) is 10.9 Å². The van der Waals surface area contributed by atoms with E-state index in [9.17, 15) is 4.39 Å². The van der Waals surface area contributed by atoms with E-state index in [1.54, 1.807) is 12.1 Å². The van der Waals surface area contributed by atoms with Crippen molar-refractivity contribution in [2.45, 2.75) is 12.8 Å². The minimum Gasteiger partial charge on any atom is -0.396 e. The van der Waals surface area contributed by atoms with Crippen LogP contribution < -0.4 is 4.84 Å². The van der Waals surface area contributed by atoms with Crippen LogP contribution in [0, 0.1) is 5.82 Å². The topological polar surface area (TPSA) is 27.1 Å². The highest BCUT2D eigenvalue weighted by atomic mass is 35.5. The molecule has 0 atom stereocenters. The van der Waals surface area contributed by atoms with Crippen LogP contribution in [0.25, 0.3) is 22.2 Å². The highest BCUT2D eigenvalue weighted by Gasteiger charge is 2.13. The fraction of sp³-hybridized carbons (Fsp3) is 0.188. The monoisotopic (exact) mass is 304 g/mol. The minimum atomic E-state index is -0.270. The van der Waals surface area contributed by atoms with Gasteiger partial charge in [-0.3, -0.25) is 0 Å². The van der Waals surface area contributed by atoms with Crippen molar-refractivity contribution < 1.29 is 9.23 Å². The van der Waals surface area contributed by atoms with Crippen molar-refractivity contribution in [3.05, 3.63) is 53.8 Å². The molecule has 21 heavy (non-hydrogen) atoms. The van der Waals surface area contributed by atoms with Crippen molar-refractivity contribution in [2.75, 3.05) is 6.61 Å². The molecule has 5 heteroatoms. The van der Waals surface area contributed by atoms with Gasteiger partial charge in [0.05, 0.1) is 0 Å². The molecule has 0 spiro atoms. The molecule has 0 saturated carbocycles. The van der Waals surface area contributed by atoms with Crippen molar-refractivity contribution in [3.8, 4) is 11.3 Å². The van der Waals surface area contributed by atoms with E-state index < -0.39 is 0 Å². The summed E-state index contributed by atoms with van der Waals surface area (Å²) in [5, 5.41) is 5.42. The Kier molecular flexibility index (Phi) is 3.80. The number of hydrogen-bond acceptors (Lipinski definition) is 2. The maximum atomic E-state index is 13.1. The first-order valence-electron chi connectivity index (χ1n) is 6.69. The highest BCUT2D eigenvalue weighted by molar-refractivity contribution is 6.17. The molecule has 0 radical (unpaired) electrons. The van der Waals surface area contributed by atoms with Gasteiger partial charge in [-0.25, -0.2) is 4.39 Å². The van der Waals surface area contributed by atoms with Crippen molar-refractivity contribution in [1.82, 2.24) is 9.94 Å². The molecule has 3 rings (SSSR count). The van der Waals surface area contributed by atoms with Gasteiger partial charge >= 0.3 is 0 Å². The van der Waals surface area contributed by atoms with Crippen LogP contribution in [0.4, 0.5) is 4.39 Å². The van der Waals surface area contributed by atoms with Gasteiger partial charge in [0.2, 0.25) is 0 Å². The SMILES string of the molecule is CCOn1nc(-c2ccc(F)cc2)c2cc(CCl)ccc21. The number of fused-ring (bicyclic) bond motifs is 1. The molecule has 1 aromatic heterocycles. The highest BCUT2D eigenvalue weighted by Crippen LogP contribution is 2.29. The summed E-state index contributed by atoms with van der Waals surface area (Å²) in [5.74, 6) is 0.159. The van der Waals surface area contributed by atoms with Crippen LogP contribution in [-0.2, 0) is 5.88 Å². The Morgan fingerprint density at radius 3 is 2.62 bits per heavy atom. The average Bonchev–Trinajstić information content (AvgIpc) is 2.86. The molecule has 0 aliphatic carbocycles. The Morgan fingerprint density at radius 2 is 1.95 bits per heavy atom. The van der Waals surface area contributed by atoms with E-state index in [2.05, 4.69) is 5.10 Å². The molecule has 0 aliphatic rings. The lowest BCUT2D eigenvalue weighted by atomic mass is 10.1. The van der Waals surface area contributed by atoms with Gasteiger partial charge < -0.3 is 4.84 Å². The van der Waals surface area contributed by atoms with E-state index in [0.29, 0.717) is 12.5 Å². The summed E-state index contributed by atoms with van der Waals surface area (Å²) in [4.78, 5) is 7.02. The van der Waals surface area contributed by atoms with Crippen LogP contribution in [0.5, 0.6) is 0 Å². The van der Waals surface area contributed by atoms with Gasteiger partial charge in [-0.2, -0.15) is 0 Å².